The molecule has 0 aromatic heterocycles. The molecular weight excluding hydrogens is 340 g/mol. The molecule has 0 unspecified atom stereocenters. The lowest BCUT2D eigenvalue weighted by Gasteiger charge is -2.36. The van der Waals surface area contributed by atoms with Gasteiger partial charge in [0.15, 0.2) is 0 Å². The minimum atomic E-state index is -0.558. The smallest absolute Gasteiger partial charge is 0.247 e. The number of carbonyl (C=O) groups excluding carboxylic acids is 2. The van der Waals surface area contributed by atoms with Crippen LogP contribution in [0.25, 0.3) is 0 Å². The number of nitrogens with zero attached hydrogens (tertiary/aromatic N) is 1. The number of methoxy groups -OCH3 is 1. The van der Waals surface area contributed by atoms with Gasteiger partial charge in [-0.3, -0.25) is 9.59 Å². The van der Waals surface area contributed by atoms with Crippen molar-refractivity contribution in [3.05, 3.63) is 65.2 Å². The van der Waals surface area contributed by atoms with Crippen molar-refractivity contribution in [2.24, 2.45) is 5.92 Å². The van der Waals surface area contributed by atoms with Crippen molar-refractivity contribution in [2.75, 3.05) is 13.7 Å². The van der Waals surface area contributed by atoms with Crippen molar-refractivity contribution in [3.8, 4) is 5.75 Å². The van der Waals surface area contributed by atoms with Crippen molar-refractivity contribution in [3.63, 3.8) is 0 Å². The van der Waals surface area contributed by atoms with Gasteiger partial charge in [-0.25, -0.2) is 0 Å². The molecule has 5 nitrogen and oxygen atoms in total. The molecule has 4 rings (SSSR count). The lowest BCUT2D eigenvalue weighted by Crippen LogP contribution is -2.47. The van der Waals surface area contributed by atoms with Crippen LogP contribution in [0.4, 0.5) is 0 Å². The highest BCUT2D eigenvalue weighted by Crippen LogP contribution is 2.37. The second-order valence-electron chi connectivity index (χ2n) is 7.19. The molecule has 27 heavy (non-hydrogen) atoms. The summed E-state index contributed by atoms with van der Waals surface area (Å²) >= 11 is 0. The van der Waals surface area contributed by atoms with Gasteiger partial charge in [-0.05, 0) is 36.5 Å². The lowest BCUT2D eigenvalue weighted by atomic mass is 9.91. The number of ether oxygens (including phenoxy) is 1. The standard InChI is InChI=1S/C22H24N2O3/c1-27-19-9-5-3-7-17(19)14-23-21(25)20-18-8-4-2-6-15(18)12-13-24(20)22(26)16-10-11-16/h2-9,16,20H,10-14H2,1H3,(H,23,25)/t20-/m0/s1. The van der Waals surface area contributed by atoms with E-state index in [4.69, 9.17) is 4.74 Å². The van der Waals surface area contributed by atoms with Gasteiger partial charge in [-0.2, -0.15) is 0 Å². The van der Waals surface area contributed by atoms with Gasteiger partial charge < -0.3 is 15.0 Å². The van der Waals surface area contributed by atoms with Crippen molar-refractivity contribution < 1.29 is 14.3 Å². The largest absolute Gasteiger partial charge is 0.496 e. The van der Waals surface area contributed by atoms with E-state index in [1.807, 2.05) is 42.5 Å². The molecule has 1 fully saturated rings. The molecule has 1 heterocycles. The Morgan fingerprint density at radius 1 is 1.11 bits per heavy atom. The Labute approximate surface area is 159 Å². The van der Waals surface area contributed by atoms with Gasteiger partial charge >= 0.3 is 0 Å². The molecule has 1 atom stereocenters. The number of carbonyl (C=O) groups is 2. The fourth-order valence-electron chi connectivity index (χ4n) is 3.78. The number of amides is 2. The van der Waals surface area contributed by atoms with Gasteiger partial charge in [-0.1, -0.05) is 42.5 Å². The molecule has 2 amide bonds. The molecule has 1 aliphatic carbocycles. The zero-order valence-corrected chi connectivity index (χ0v) is 15.5. The number of benzene rings is 2. The third kappa shape index (κ3) is 3.54. The number of hydrogen-bond donors (Lipinski definition) is 1. The molecule has 0 bridgehead atoms. The topological polar surface area (TPSA) is 58.6 Å². The van der Waals surface area contributed by atoms with Gasteiger partial charge in [0.2, 0.25) is 11.8 Å². The summed E-state index contributed by atoms with van der Waals surface area (Å²) in [5.41, 5.74) is 3.00. The zero-order chi connectivity index (χ0) is 18.8. The SMILES string of the molecule is COc1ccccc1CNC(=O)[C@@H]1c2ccccc2CCN1C(=O)C1CC1. The maximum Gasteiger partial charge on any atom is 0.247 e. The molecule has 0 saturated heterocycles. The maximum absolute atomic E-state index is 13.1. The minimum absolute atomic E-state index is 0.0970. The quantitative estimate of drug-likeness (QED) is 0.888. The van der Waals surface area contributed by atoms with E-state index in [0.717, 1.165) is 41.7 Å². The molecule has 5 heteroatoms. The molecule has 2 aromatic rings. The molecule has 1 aliphatic heterocycles. The number of nitrogens with one attached hydrogen (secondary N) is 1. The van der Waals surface area contributed by atoms with E-state index < -0.39 is 6.04 Å². The molecule has 140 valence electrons. The van der Waals surface area contributed by atoms with Crippen molar-refractivity contribution in [2.45, 2.75) is 31.8 Å². The molecule has 0 spiro atoms. The first-order chi connectivity index (χ1) is 13.2. The van der Waals surface area contributed by atoms with E-state index in [1.165, 1.54) is 0 Å². The summed E-state index contributed by atoms with van der Waals surface area (Å²) in [4.78, 5) is 27.7. The summed E-state index contributed by atoms with van der Waals surface area (Å²) in [7, 11) is 1.62. The highest BCUT2D eigenvalue weighted by molar-refractivity contribution is 5.91. The fraction of sp³-hybridized carbons (Fsp3) is 0.364. The van der Waals surface area contributed by atoms with E-state index in [-0.39, 0.29) is 17.7 Å². The van der Waals surface area contributed by atoms with E-state index in [9.17, 15) is 9.59 Å². The van der Waals surface area contributed by atoms with Crippen LogP contribution in [-0.2, 0) is 22.6 Å². The van der Waals surface area contributed by atoms with Crippen molar-refractivity contribution in [1.82, 2.24) is 10.2 Å². The van der Waals surface area contributed by atoms with Gasteiger partial charge in [-0.15, -0.1) is 0 Å². The third-order valence-electron chi connectivity index (χ3n) is 5.39. The highest BCUT2D eigenvalue weighted by Gasteiger charge is 2.41. The summed E-state index contributed by atoms with van der Waals surface area (Å²) in [6, 6.07) is 15.0. The molecular formula is C22H24N2O3. The molecule has 2 aliphatic rings. The molecule has 1 N–H and O–H groups in total. The monoisotopic (exact) mass is 364 g/mol. The second kappa shape index (κ2) is 7.43. The van der Waals surface area contributed by atoms with Crippen molar-refractivity contribution in [1.29, 1.82) is 0 Å². The summed E-state index contributed by atoms with van der Waals surface area (Å²) in [6.45, 7) is 0.964. The van der Waals surface area contributed by atoms with Crippen LogP contribution in [-0.4, -0.2) is 30.4 Å². The Hall–Kier alpha value is -2.82. The predicted molar refractivity (Wildman–Crippen MR) is 102 cm³/mol. The summed E-state index contributed by atoms with van der Waals surface area (Å²) in [5.74, 6) is 0.816. The van der Waals surface area contributed by atoms with Gasteiger partial charge in [0.05, 0.1) is 7.11 Å². The Morgan fingerprint density at radius 3 is 2.63 bits per heavy atom. The first kappa shape index (κ1) is 17.6. The van der Waals surface area contributed by atoms with Gasteiger partial charge in [0, 0.05) is 24.6 Å². The van der Waals surface area contributed by atoms with Crippen LogP contribution in [0.2, 0.25) is 0 Å². The average molecular weight is 364 g/mol. The van der Waals surface area contributed by atoms with Crippen LogP contribution in [0.5, 0.6) is 5.75 Å². The summed E-state index contributed by atoms with van der Waals surface area (Å²) in [6.07, 6.45) is 2.67. The first-order valence-electron chi connectivity index (χ1n) is 9.47. The van der Waals surface area contributed by atoms with Crippen LogP contribution in [0.1, 0.15) is 35.6 Å². The summed E-state index contributed by atoms with van der Waals surface area (Å²) < 4.78 is 5.36. The number of fused-ring (bicyclic) bond motifs is 1. The third-order valence-corrected chi connectivity index (χ3v) is 5.39. The highest BCUT2D eigenvalue weighted by atomic mass is 16.5. The van der Waals surface area contributed by atoms with Crippen LogP contribution in [0, 0.1) is 5.92 Å². The predicted octanol–water partition coefficient (Wildman–Crippen LogP) is 2.85. The number of hydrogen-bond acceptors (Lipinski definition) is 3. The lowest BCUT2D eigenvalue weighted by molar-refractivity contribution is -0.142. The normalized spacial score (nSPS) is 18.6. The molecule has 1 saturated carbocycles. The van der Waals surface area contributed by atoms with E-state index >= 15 is 0 Å². The van der Waals surface area contributed by atoms with Gasteiger partial charge in [0.1, 0.15) is 11.8 Å². The number of rotatable bonds is 5. The second-order valence-corrected chi connectivity index (χ2v) is 7.19. The molecule has 2 aromatic carbocycles. The van der Waals surface area contributed by atoms with E-state index in [0.29, 0.717) is 13.1 Å². The minimum Gasteiger partial charge on any atom is -0.496 e. The fourth-order valence-corrected chi connectivity index (χ4v) is 3.78. The first-order valence-corrected chi connectivity index (χ1v) is 9.47. The van der Waals surface area contributed by atoms with E-state index in [1.54, 1.807) is 12.0 Å². The van der Waals surface area contributed by atoms with Gasteiger partial charge in [0.25, 0.3) is 0 Å². The Kier molecular flexibility index (Phi) is 4.84. The average Bonchev–Trinajstić information content (AvgIpc) is 3.56. The Morgan fingerprint density at radius 2 is 1.85 bits per heavy atom. The van der Waals surface area contributed by atoms with Crippen LogP contribution >= 0.6 is 0 Å². The van der Waals surface area contributed by atoms with Crippen LogP contribution in [0.3, 0.4) is 0 Å². The van der Waals surface area contributed by atoms with Crippen LogP contribution < -0.4 is 10.1 Å². The Bertz CT molecular complexity index is 860. The van der Waals surface area contributed by atoms with Crippen molar-refractivity contribution >= 4 is 11.8 Å². The molecule has 0 radical (unpaired) electrons. The van der Waals surface area contributed by atoms with E-state index in [2.05, 4.69) is 11.4 Å². The maximum atomic E-state index is 13.1. The zero-order valence-electron chi connectivity index (χ0n) is 15.5. The summed E-state index contributed by atoms with van der Waals surface area (Å²) in [5, 5.41) is 3.02. The van der Waals surface area contributed by atoms with Crippen LogP contribution in [0.15, 0.2) is 48.5 Å². The number of para-hydroxylation sites is 1. The Balaban J connectivity index is 1.57.